The van der Waals surface area contributed by atoms with E-state index in [-0.39, 0.29) is 6.10 Å². The highest BCUT2D eigenvalue weighted by Crippen LogP contribution is 2.15. The molecule has 1 aromatic carbocycles. The SMILES string of the molecule is Cc1cc(CNCC(O)COC(C)c2ccccc2)no1. The number of nitrogens with zero attached hydrogens (tertiary/aromatic N) is 1. The zero-order chi connectivity index (χ0) is 15.1. The zero-order valence-corrected chi connectivity index (χ0v) is 12.5. The molecule has 0 bridgehead atoms. The number of rotatable bonds is 8. The van der Waals surface area contributed by atoms with Crippen molar-refractivity contribution < 1.29 is 14.4 Å². The summed E-state index contributed by atoms with van der Waals surface area (Å²) in [5.41, 5.74) is 1.94. The van der Waals surface area contributed by atoms with Gasteiger partial charge in [-0.1, -0.05) is 35.5 Å². The van der Waals surface area contributed by atoms with E-state index in [1.165, 1.54) is 0 Å². The largest absolute Gasteiger partial charge is 0.389 e. The molecule has 2 atom stereocenters. The maximum absolute atomic E-state index is 9.90. The first-order valence-corrected chi connectivity index (χ1v) is 7.12. The van der Waals surface area contributed by atoms with Gasteiger partial charge in [-0.15, -0.1) is 0 Å². The van der Waals surface area contributed by atoms with Crippen LogP contribution in [-0.4, -0.2) is 29.5 Å². The van der Waals surface area contributed by atoms with Gasteiger partial charge in [-0.3, -0.25) is 0 Å². The molecule has 2 aromatic rings. The molecule has 0 saturated carbocycles. The predicted octanol–water partition coefficient (Wildman–Crippen LogP) is 2.21. The minimum absolute atomic E-state index is 0.0287. The van der Waals surface area contributed by atoms with Crippen molar-refractivity contribution >= 4 is 0 Å². The Morgan fingerprint density at radius 2 is 2.10 bits per heavy atom. The van der Waals surface area contributed by atoms with Gasteiger partial charge >= 0.3 is 0 Å². The average molecular weight is 290 g/mol. The molecule has 5 nitrogen and oxygen atoms in total. The quantitative estimate of drug-likeness (QED) is 0.780. The highest BCUT2D eigenvalue weighted by molar-refractivity contribution is 5.16. The van der Waals surface area contributed by atoms with E-state index in [1.807, 2.05) is 50.2 Å². The van der Waals surface area contributed by atoms with Gasteiger partial charge in [0.2, 0.25) is 0 Å². The van der Waals surface area contributed by atoms with Crippen LogP contribution in [0, 0.1) is 6.92 Å². The maximum atomic E-state index is 9.90. The minimum atomic E-state index is -0.552. The number of ether oxygens (including phenoxy) is 1. The van der Waals surface area contributed by atoms with E-state index >= 15 is 0 Å². The Labute approximate surface area is 124 Å². The molecule has 0 aliphatic heterocycles. The van der Waals surface area contributed by atoms with E-state index < -0.39 is 6.10 Å². The van der Waals surface area contributed by atoms with Gasteiger partial charge in [0.15, 0.2) is 0 Å². The van der Waals surface area contributed by atoms with Crippen LogP contribution in [0.5, 0.6) is 0 Å². The third kappa shape index (κ3) is 5.30. The number of aliphatic hydroxyl groups is 1. The van der Waals surface area contributed by atoms with Crippen molar-refractivity contribution in [2.45, 2.75) is 32.6 Å². The van der Waals surface area contributed by atoms with Crippen LogP contribution in [0.4, 0.5) is 0 Å². The summed E-state index contributed by atoms with van der Waals surface area (Å²) in [5, 5.41) is 16.9. The summed E-state index contributed by atoms with van der Waals surface area (Å²) in [5.74, 6) is 0.785. The Hall–Kier alpha value is -1.69. The molecule has 0 saturated heterocycles. The third-order valence-electron chi connectivity index (χ3n) is 3.17. The van der Waals surface area contributed by atoms with Gasteiger partial charge in [-0.05, 0) is 19.4 Å². The molecule has 1 heterocycles. The van der Waals surface area contributed by atoms with E-state index in [0.29, 0.717) is 19.7 Å². The van der Waals surface area contributed by atoms with E-state index in [1.54, 1.807) is 0 Å². The molecule has 5 heteroatoms. The lowest BCUT2D eigenvalue weighted by atomic mass is 10.1. The molecule has 2 rings (SSSR count). The lowest BCUT2D eigenvalue weighted by molar-refractivity contribution is -0.00216. The van der Waals surface area contributed by atoms with Crippen LogP contribution in [0.15, 0.2) is 40.9 Å². The summed E-state index contributed by atoms with van der Waals surface area (Å²) in [7, 11) is 0. The molecule has 2 N–H and O–H groups in total. The van der Waals surface area contributed by atoms with Crippen molar-refractivity contribution in [2.24, 2.45) is 0 Å². The molecule has 2 unspecified atom stereocenters. The van der Waals surface area contributed by atoms with Gasteiger partial charge in [0.25, 0.3) is 0 Å². The fourth-order valence-electron chi connectivity index (χ4n) is 2.00. The summed E-state index contributed by atoms with van der Waals surface area (Å²) in [6, 6.07) is 11.8. The molecule has 114 valence electrons. The Morgan fingerprint density at radius 3 is 2.76 bits per heavy atom. The molecular weight excluding hydrogens is 268 g/mol. The minimum Gasteiger partial charge on any atom is -0.389 e. The molecule has 1 aromatic heterocycles. The van der Waals surface area contributed by atoms with E-state index in [0.717, 1.165) is 17.0 Å². The Balaban J connectivity index is 1.64. The number of aryl methyl sites for hydroxylation is 1. The first-order chi connectivity index (χ1) is 10.1. The molecule has 21 heavy (non-hydrogen) atoms. The Bertz CT molecular complexity index is 527. The van der Waals surface area contributed by atoms with Crippen molar-refractivity contribution in [1.29, 1.82) is 0 Å². The van der Waals surface area contributed by atoms with Crippen LogP contribution in [0.1, 0.15) is 30.0 Å². The first kappa shape index (κ1) is 15.7. The maximum Gasteiger partial charge on any atom is 0.133 e. The number of benzene rings is 1. The average Bonchev–Trinajstić information content (AvgIpc) is 2.91. The Morgan fingerprint density at radius 1 is 1.33 bits per heavy atom. The smallest absolute Gasteiger partial charge is 0.133 e. The molecular formula is C16H22N2O3. The second-order valence-corrected chi connectivity index (χ2v) is 5.10. The van der Waals surface area contributed by atoms with Crippen LogP contribution < -0.4 is 5.32 Å². The van der Waals surface area contributed by atoms with Crippen molar-refractivity contribution in [2.75, 3.05) is 13.2 Å². The van der Waals surface area contributed by atoms with Gasteiger partial charge < -0.3 is 19.7 Å². The molecule has 0 aliphatic rings. The highest BCUT2D eigenvalue weighted by Gasteiger charge is 2.10. The zero-order valence-electron chi connectivity index (χ0n) is 12.5. The number of hydrogen-bond acceptors (Lipinski definition) is 5. The highest BCUT2D eigenvalue weighted by atomic mass is 16.5. The van der Waals surface area contributed by atoms with Crippen LogP contribution in [0.25, 0.3) is 0 Å². The summed E-state index contributed by atoms with van der Waals surface area (Å²) in [4.78, 5) is 0. The van der Waals surface area contributed by atoms with Crippen molar-refractivity contribution in [1.82, 2.24) is 10.5 Å². The number of nitrogens with one attached hydrogen (secondary N) is 1. The fourth-order valence-corrected chi connectivity index (χ4v) is 2.00. The normalized spacial score (nSPS) is 14.0. The summed E-state index contributed by atoms with van der Waals surface area (Å²) in [6.45, 7) is 5.15. The van der Waals surface area contributed by atoms with Gasteiger partial charge in [0, 0.05) is 19.2 Å². The van der Waals surface area contributed by atoms with Gasteiger partial charge in [0.1, 0.15) is 5.76 Å². The van der Waals surface area contributed by atoms with Gasteiger partial charge in [-0.2, -0.15) is 0 Å². The summed E-state index contributed by atoms with van der Waals surface area (Å²) in [6.07, 6.45) is -0.580. The van der Waals surface area contributed by atoms with Crippen molar-refractivity contribution in [3.63, 3.8) is 0 Å². The lowest BCUT2D eigenvalue weighted by Crippen LogP contribution is -2.30. The van der Waals surface area contributed by atoms with Crippen molar-refractivity contribution in [3.8, 4) is 0 Å². The number of hydrogen-bond donors (Lipinski definition) is 2. The standard InChI is InChI=1S/C16H22N2O3/c1-12-8-15(18-21-12)9-17-10-16(19)11-20-13(2)14-6-4-3-5-7-14/h3-8,13,16-17,19H,9-11H2,1-2H3. The monoisotopic (exact) mass is 290 g/mol. The predicted molar refractivity (Wildman–Crippen MR) is 79.8 cm³/mol. The van der Waals surface area contributed by atoms with Crippen LogP contribution in [0.3, 0.4) is 0 Å². The van der Waals surface area contributed by atoms with E-state index in [9.17, 15) is 5.11 Å². The topological polar surface area (TPSA) is 67.5 Å². The lowest BCUT2D eigenvalue weighted by Gasteiger charge is -2.17. The second kappa shape index (κ2) is 7.93. The summed E-state index contributed by atoms with van der Waals surface area (Å²) >= 11 is 0. The molecule has 0 radical (unpaired) electrons. The summed E-state index contributed by atoms with van der Waals surface area (Å²) < 4.78 is 10.6. The second-order valence-electron chi connectivity index (χ2n) is 5.10. The van der Waals surface area contributed by atoms with Crippen LogP contribution >= 0.6 is 0 Å². The van der Waals surface area contributed by atoms with Gasteiger partial charge in [0.05, 0.1) is 24.5 Å². The van der Waals surface area contributed by atoms with Crippen LogP contribution in [-0.2, 0) is 11.3 Å². The Kier molecular flexibility index (Phi) is 5.92. The molecule has 0 spiro atoms. The molecule has 0 fully saturated rings. The third-order valence-corrected chi connectivity index (χ3v) is 3.17. The molecule has 0 amide bonds. The van der Waals surface area contributed by atoms with Gasteiger partial charge in [-0.25, -0.2) is 0 Å². The van der Waals surface area contributed by atoms with E-state index in [4.69, 9.17) is 9.26 Å². The number of aromatic nitrogens is 1. The van der Waals surface area contributed by atoms with E-state index in [2.05, 4.69) is 10.5 Å². The molecule has 0 aliphatic carbocycles. The number of aliphatic hydroxyl groups excluding tert-OH is 1. The first-order valence-electron chi connectivity index (χ1n) is 7.12. The van der Waals surface area contributed by atoms with Crippen molar-refractivity contribution in [3.05, 3.63) is 53.4 Å². The van der Waals surface area contributed by atoms with Crippen LogP contribution in [0.2, 0.25) is 0 Å². The fraction of sp³-hybridized carbons (Fsp3) is 0.438.